The van der Waals surface area contributed by atoms with Crippen molar-refractivity contribution in [1.29, 1.82) is 0 Å². The maximum Gasteiger partial charge on any atom is 0.312 e. The number of aryl methyl sites for hydroxylation is 1. The Morgan fingerprint density at radius 1 is 1.45 bits per heavy atom. The fraction of sp³-hybridized carbons (Fsp3) is 0.583. The van der Waals surface area contributed by atoms with Gasteiger partial charge in [-0.1, -0.05) is 0 Å². The molecule has 1 saturated carbocycles. The summed E-state index contributed by atoms with van der Waals surface area (Å²) in [6, 6.07) is -0.323. The van der Waals surface area contributed by atoms with Gasteiger partial charge in [-0.15, -0.1) is 0 Å². The van der Waals surface area contributed by atoms with Gasteiger partial charge in [0, 0.05) is 6.04 Å². The van der Waals surface area contributed by atoms with Crippen molar-refractivity contribution >= 4 is 28.9 Å². The van der Waals surface area contributed by atoms with Crippen LogP contribution in [0, 0.1) is 24.0 Å². The van der Waals surface area contributed by atoms with Crippen molar-refractivity contribution in [3.63, 3.8) is 0 Å². The predicted molar refractivity (Wildman–Crippen MR) is 83.1 cm³/mol. The van der Waals surface area contributed by atoms with E-state index in [2.05, 4.69) is 21.3 Å². The average molecular weight is 326 g/mol. The van der Waals surface area contributed by atoms with Crippen LogP contribution in [0.1, 0.15) is 37.2 Å². The first-order valence-corrected chi connectivity index (χ1v) is 7.28. The van der Waals surface area contributed by atoms with Crippen molar-refractivity contribution in [3.05, 3.63) is 21.5 Å². The van der Waals surface area contributed by atoms with E-state index in [1.54, 1.807) is 20.8 Å². The minimum Gasteiger partial charge on any atom is -0.359 e. The number of aromatic nitrogens is 2. The SMILES string of the molecule is Cc1nn([C@H](C)C(=O)NNC(=S)NC2CC2)c(C)c1[N+](=O)[O-]. The van der Waals surface area contributed by atoms with Crippen LogP contribution in [0.25, 0.3) is 0 Å². The Hall–Kier alpha value is -2.23. The van der Waals surface area contributed by atoms with Crippen molar-refractivity contribution in [1.82, 2.24) is 25.9 Å². The van der Waals surface area contributed by atoms with Gasteiger partial charge in [0.05, 0.1) is 4.92 Å². The molecule has 1 aromatic heterocycles. The van der Waals surface area contributed by atoms with Crippen LogP contribution in [-0.2, 0) is 4.79 Å². The normalized spacial score (nSPS) is 15.0. The van der Waals surface area contributed by atoms with E-state index in [9.17, 15) is 14.9 Å². The molecule has 1 aliphatic rings. The monoisotopic (exact) mass is 326 g/mol. The van der Waals surface area contributed by atoms with E-state index in [0.717, 1.165) is 12.8 Å². The highest BCUT2D eigenvalue weighted by Crippen LogP contribution is 2.24. The molecule has 10 heteroatoms. The minimum absolute atomic E-state index is 0.0708. The predicted octanol–water partition coefficient (Wildman–Crippen LogP) is 0.627. The van der Waals surface area contributed by atoms with Crippen LogP contribution in [0.2, 0.25) is 0 Å². The largest absolute Gasteiger partial charge is 0.359 e. The van der Waals surface area contributed by atoms with Gasteiger partial charge in [-0.25, -0.2) is 0 Å². The highest BCUT2D eigenvalue weighted by atomic mass is 32.1. The van der Waals surface area contributed by atoms with Gasteiger partial charge in [-0.2, -0.15) is 5.10 Å². The summed E-state index contributed by atoms with van der Waals surface area (Å²) < 4.78 is 1.34. The van der Waals surface area contributed by atoms with Gasteiger partial charge in [-0.3, -0.25) is 30.4 Å². The Kier molecular flexibility index (Phi) is 4.59. The van der Waals surface area contributed by atoms with Crippen molar-refractivity contribution in [2.24, 2.45) is 0 Å². The molecule has 1 fully saturated rings. The first-order chi connectivity index (χ1) is 10.3. The molecule has 1 amide bonds. The lowest BCUT2D eigenvalue weighted by Gasteiger charge is -2.16. The smallest absolute Gasteiger partial charge is 0.312 e. The number of carbonyl (C=O) groups is 1. The average Bonchev–Trinajstić information content (AvgIpc) is 3.19. The zero-order valence-electron chi connectivity index (χ0n) is 12.5. The summed E-state index contributed by atoms with van der Waals surface area (Å²) in [4.78, 5) is 22.6. The molecule has 0 bridgehead atoms. The van der Waals surface area contributed by atoms with Gasteiger partial charge in [0.15, 0.2) is 5.11 Å². The highest BCUT2D eigenvalue weighted by Gasteiger charge is 2.27. The van der Waals surface area contributed by atoms with Gasteiger partial charge in [0.1, 0.15) is 17.4 Å². The highest BCUT2D eigenvalue weighted by molar-refractivity contribution is 7.80. The Morgan fingerprint density at radius 2 is 2.09 bits per heavy atom. The summed E-state index contributed by atoms with van der Waals surface area (Å²) in [5.74, 6) is -0.388. The molecule has 1 atom stereocenters. The first kappa shape index (κ1) is 16.1. The second kappa shape index (κ2) is 6.26. The molecule has 120 valence electrons. The first-order valence-electron chi connectivity index (χ1n) is 6.87. The molecule has 2 rings (SSSR count). The Morgan fingerprint density at radius 3 is 2.59 bits per heavy atom. The van der Waals surface area contributed by atoms with Gasteiger partial charge in [0.2, 0.25) is 0 Å². The van der Waals surface area contributed by atoms with Crippen LogP contribution in [0.3, 0.4) is 0 Å². The molecule has 0 radical (unpaired) electrons. The number of amides is 1. The number of nitro groups is 1. The summed E-state index contributed by atoms with van der Waals surface area (Å²) in [6.07, 6.45) is 2.14. The molecular weight excluding hydrogens is 308 g/mol. The summed E-state index contributed by atoms with van der Waals surface area (Å²) >= 11 is 5.03. The molecule has 1 aliphatic carbocycles. The third-order valence-corrected chi connectivity index (χ3v) is 3.65. The number of carbonyl (C=O) groups excluding carboxylic acids is 1. The van der Waals surface area contributed by atoms with E-state index < -0.39 is 11.0 Å². The molecular formula is C12H18N6O3S. The van der Waals surface area contributed by atoms with E-state index in [4.69, 9.17) is 12.2 Å². The van der Waals surface area contributed by atoms with Gasteiger partial charge < -0.3 is 5.32 Å². The van der Waals surface area contributed by atoms with Crippen LogP contribution < -0.4 is 16.2 Å². The lowest BCUT2D eigenvalue weighted by Crippen LogP contribution is -2.49. The third kappa shape index (κ3) is 3.50. The number of hydrogen-bond acceptors (Lipinski definition) is 5. The Bertz CT molecular complexity index is 625. The van der Waals surface area contributed by atoms with Crippen LogP contribution in [0.4, 0.5) is 5.69 Å². The number of thiocarbonyl (C=S) groups is 1. The summed E-state index contributed by atoms with van der Waals surface area (Å²) in [6.45, 7) is 4.71. The van der Waals surface area contributed by atoms with Crippen molar-refractivity contribution in [2.75, 3.05) is 0 Å². The van der Waals surface area contributed by atoms with Crippen molar-refractivity contribution in [3.8, 4) is 0 Å². The molecule has 1 aromatic rings. The van der Waals surface area contributed by atoms with E-state index >= 15 is 0 Å². The molecule has 3 N–H and O–H groups in total. The number of hydrazine groups is 1. The number of rotatable bonds is 4. The van der Waals surface area contributed by atoms with Crippen LogP contribution >= 0.6 is 12.2 Å². The molecule has 0 spiro atoms. The Balaban J connectivity index is 1.99. The lowest BCUT2D eigenvalue weighted by atomic mass is 10.3. The molecule has 0 unspecified atom stereocenters. The van der Waals surface area contributed by atoms with Crippen molar-refractivity contribution < 1.29 is 9.72 Å². The third-order valence-electron chi connectivity index (χ3n) is 3.43. The fourth-order valence-corrected chi connectivity index (χ4v) is 2.30. The van der Waals surface area contributed by atoms with E-state index in [-0.39, 0.29) is 17.3 Å². The zero-order chi connectivity index (χ0) is 16.4. The van der Waals surface area contributed by atoms with Crippen LogP contribution in [0.15, 0.2) is 0 Å². The molecule has 1 heterocycles. The zero-order valence-corrected chi connectivity index (χ0v) is 13.4. The minimum atomic E-state index is -0.705. The van der Waals surface area contributed by atoms with Gasteiger partial charge in [0.25, 0.3) is 5.91 Å². The standard InChI is InChI=1S/C12H18N6O3S/c1-6-10(18(20)21)7(2)17(16-6)8(3)11(19)14-15-12(22)13-9-4-5-9/h8-9H,4-5H2,1-3H3,(H,14,19)(H2,13,15,22)/t8-/m1/s1. The molecule has 0 saturated heterocycles. The molecule has 0 aliphatic heterocycles. The maximum atomic E-state index is 12.1. The summed E-state index contributed by atoms with van der Waals surface area (Å²) in [7, 11) is 0. The van der Waals surface area contributed by atoms with Crippen LogP contribution in [0.5, 0.6) is 0 Å². The lowest BCUT2D eigenvalue weighted by molar-refractivity contribution is -0.386. The second-order valence-electron chi connectivity index (χ2n) is 5.26. The van der Waals surface area contributed by atoms with Crippen LogP contribution in [-0.4, -0.2) is 31.8 Å². The quantitative estimate of drug-likeness (QED) is 0.422. The summed E-state index contributed by atoms with van der Waals surface area (Å²) in [5, 5.41) is 18.4. The van der Waals surface area contributed by atoms with E-state index in [1.165, 1.54) is 4.68 Å². The maximum absolute atomic E-state index is 12.1. The number of nitrogens with one attached hydrogen (secondary N) is 3. The fourth-order valence-electron chi connectivity index (χ4n) is 2.08. The van der Waals surface area contributed by atoms with E-state index in [0.29, 0.717) is 16.8 Å². The van der Waals surface area contributed by atoms with Gasteiger partial charge >= 0.3 is 5.69 Å². The molecule has 9 nitrogen and oxygen atoms in total. The number of hydrogen-bond donors (Lipinski definition) is 3. The van der Waals surface area contributed by atoms with Crippen molar-refractivity contribution in [2.45, 2.75) is 45.7 Å². The van der Waals surface area contributed by atoms with E-state index in [1.807, 2.05) is 0 Å². The topological polar surface area (TPSA) is 114 Å². The molecule has 0 aromatic carbocycles. The second-order valence-corrected chi connectivity index (χ2v) is 5.67. The number of nitrogens with zero attached hydrogens (tertiary/aromatic N) is 3. The summed E-state index contributed by atoms with van der Waals surface area (Å²) in [5.41, 5.74) is 5.63. The van der Waals surface area contributed by atoms with Gasteiger partial charge in [-0.05, 0) is 45.8 Å². The molecule has 22 heavy (non-hydrogen) atoms. The Labute approximate surface area is 132 Å².